The highest BCUT2D eigenvalue weighted by Crippen LogP contribution is 2.22. The maximum Gasteiger partial charge on any atom is 0.319 e. The smallest absolute Gasteiger partial charge is 0.319 e. The van der Waals surface area contributed by atoms with Crippen LogP contribution in [-0.4, -0.2) is 30.9 Å². The van der Waals surface area contributed by atoms with E-state index in [0.717, 1.165) is 0 Å². The van der Waals surface area contributed by atoms with E-state index in [9.17, 15) is 4.79 Å². The SMILES string of the molecule is COc1cccc(NC(=O)N[C@@H](CCO)C(C)(C)C)c1. The molecule has 0 spiro atoms. The van der Waals surface area contributed by atoms with Crippen LogP contribution in [0, 0.1) is 5.41 Å². The van der Waals surface area contributed by atoms with E-state index in [1.807, 2.05) is 32.9 Å². The lowest BCUT2D eigenvalue weighted by Crippen LogP contribution is -2.46. The highest BCUT2D eigenvalue weighted by molar-refractivity contribution is 5.89. The summed E-state index contributed by atoms with van der Waals surface area (Å²) >= 11 is 0. The molecule has 1 aromatic rings. The van der Waals surface area contributed by atoms with Crippen LogP contribution in [0.3, 0.4) is 0 Å². The van der Waals surface area contributed by atoms with Gasteiger partial charge in [-0.2, -0.15) is 0 Å². The summed E-state index contributed by atoms with van der Waals surface area (Å²) in [6, 6.07) is 6.78. The molecule has 0 heterocycles. The lowest BCUT2D eigenvalue weighted by molar-refractivity contribution is 0.194. The summed E-state index contributed by atoms with van der Waals surface area (Å²) in [5.41, 5.74) is 0.549. The van der Waals surface area contributed by atoms with Crippen LogP contribution in [0.15, 0.2) is 24.3 Å². The van der Waals surface area contributed by atoms with Crippen LogP contribution in [0.4, 0.5) is 10.5 Å². The van der Waals surface area contributed by atoms with Crippen LogP contribution >= 0.6 is 0 Å². The van der Waals surface area contributed by atoms with Crippen LogP contribution < -0.4 is 15.4 Å². The second-order valence-corrected chi connectivity index (χ2v) is 5.76. The average molecular weight is 280 g/mol. The first-order chi connectivity index (χ1) is 9.36. The number of ether oxygens (including phenoxy) is 1. The highest BCUT2D eigenvalue weighted by atomic mass is 16.5. The van der Waals surface area contributed by atoms with Crippen LogP contribution in [-0.2, 0) is 0 Å². The van der Waals surface area contributed by atoms with E-state index >= 15 is 0 Å². The molecule has 0 aromatic heterocycles. The summed E-state index contributed by atoms with van der Waals surface area (Å²) in [5, 5.41) is 14.7. The molecule has 0 fully saturated rings. The number of carbonyl (C=O) groups is 1. The molecule has 0 saturated carbocycles. The van der Waals surface area contributed by atoms with Crippen molar-refractivity contribution in [2.75, 3.05) is 19.0 Å². The molecular formula is C15H24N2O3. The van der Waals surface area contributed by atoms with E-state index in [4.69, 9.17) is 9.84 Å². The fourth-order valence-electron chi connectivity index (χ4n) is 1.88. The van der Waals surface area contributed by atoms with Gasteiger partial charge in [-0.05, 0) is 24.0 Å². The second kappa shape index (κ2) is 7.14. The van der Waals surface area contributed by atoms with Gasteiger partial charge in [0.05, 0.1) is 7.11 Å². The van der Waals surface area contributed by atoms with Crippen molar-refractivity contribution < 1.29 is 14.6 Å². The molecule has 0 aliphatic rings. The lowest BCUT2D eigenvalue weighted by atomic mass is 9.85. The molecule has 0 aliphatic heterocycles. The Morgan fingerprint density at radius 2 is 2.10 bits per heavy atom. The number of aliphatic hydroxyl groups is 1. The Kier molecular flexibility index (Phi) is 5.82. The minimum absolute atomic E-state index is 0.0430. The Balaban J connectivity index is 2.65. The van der Waals surface area contributed by atoms with Crippen molar-refractivity contribution in [3.63, 3.8) is 0 Å². The van der Waals surface area contributed by atoms with Gasteiger partial charge < -0.3 is 20.5 Å². The predicted octanol–water partition coefficient (Wildman–Crippen LogP) is 2.61. The fraction of sp³-hybridized carbons (Fsp3) is 0.533. The molecule has 0 bridgehead atoms. The molecule has 2 amide bonds. The Bertz CT molecular complexity index is 441. The predicted molar refractivity (Wildman–Crippen MR) is 80.1 cm³/mol. The standard InChI is InChI=1S/C15H24N2O3/c1-15(2,3)13(8-9-18)17-14(19)16-11-6-5-7-12(10-11)20-4/h5-7,10,13,18H,8-9H2,1-4H3,(H2,16,17,19)/t13-/m0/s1. The van der Waals surface area contributed by atoms with Gasteiger partial charge in [-0.3, -0.25) is 0 Å². The molecule has 1 atom stereocenters. The third-order valence-electron chi connectivity index (χ3n) is 3.10. The number of amides is 2. The number of aliphatic hydroxyl groups excluding tert-OH is 1. The molecule has 5 nitrogen and oxygen atoms in total. The molecule has 20 heavy (non-hydrogen) atoms. The molecule has 112 valence electrons. The third-order valence-corrected chi connectivity index (χ3v) is 3.10. The van der Waals surface area contributed by atoms with E-state index in [1.54, 1.807) is 19.2 Å². The molecule has 1 rings (SSSR count). The average Bonchev–Trinajstić information content (AvgIpc) is 2.37. The van der Waals surface area contributed by atoms with E-state index in [0.29, 0.717) is 17.9 Å². The van der Waals surface area contributed by atoms with Crippen molar-refractivity contribution in [3.8, 4) is 5.75 Å². The van der Waals surface area contributed by atoms with E-state index < -0.39 is 0 Å². The number of hydrogen-bond acceptors (Lipinski definition) is 3. The maximum atomic E-state index is 12.0. The largest absolute Gasteiger partial charge is 0.497 e. The lowest BCUT2D eigenvalue weighted by Gasteiger charge is -2.31. The van der Waals surface area contributed by atoms with Gasteiger partial charge in [0.2, 0.25) is 0 Å². The number of methoxy groups -OCH3 is 1. The Morgan fingerprint density at radius 3 is 2.65 bits per heavy atom. The highest BCUT2D eigenvalue weighted by Gasteiger charge is 2.25. The van der Waals surface area contributed by atoms with Gasteiger partial charge in [0.15, 0.2) is 0 Å². The van der Waals surface area contributed by atoms with Crippen molar-refractivity contribution in [1.29, 1.82) is 0 Å². The number of anilines is 1. The van der Waals surface area contributed by atoms with Crippen LogP contribution in [0.2, 0.25) is 0 Å². The Labute approximate surface area is 120 Å². The van der Waals surface area contributed by atoms with Gasteiger partial charge in [0.25, 0.3) is 0 Å². The van der Waals surface area contributed by atoms with Gasteiger partial charge in [0.1, 0.15) is 5.75 Å². The Morgan fingerprint density at radius 1 is 1.40 bits per heavy atom. The molecule has 0 saturated heterocycles. The van der Waals surface area contributed by atoms with Gasteiger partial charge in [0, 0.05) is 24.4 Å². The van der Waals surface area contributed by atoms with Crippen molar-refractivity contribution in [2.24, 2.45) is 5.41 Å². The molecule has 1 aromatic carbocycles. The number of benzene rings is 1. The topological polar surface area (TPSA) is 70.6 Å². The second-order valence-electron chi connectivity index (χ2n) is 5.76. The first kappa shape index (κ1) is 16.3. The molecule has 0 aliphatic carbocycles. The number of hydrogen-bond donors (Lipinski definition) is 3. The van der Waals surface area contributed by atoms with Gasteiger partial charge in [-0.25, -0.2) is 4.79 Å². The fourth-order valence-corrected chi connectivity index (χ4v) is 1.88. The molecule has 0 radical (unpaired) electrons. The molecule has 0 unspecified atom stereocenters. The number of rotatable bonds is 5. The summed E-state index contributed by atoms with van der Waals surface area (Å²) in [6.45, 7) is 6.12. The first-order valence-corrected chi connectivity index (χ1v) is 6.69. The summed E-state index contributed by atoms with van der Waals surface area (Å²) in [7, 11) is 1.58. The zero-order chi connectivity index (χ0) is 15.2. The van der Waals surface area contributed by atoms with Crippen LogP contribution in [0.25, 0.3) is 0 Å². The third kappa shape index (κ3) is 5.09. The molecule has 5 heteroatoms. The van der Waals surface area contributed by atoms with Gasteiger partial charge >= 0.3 is 6.03 Å². The van der Waals surface area contributed by atoms with Crippen LogP contribution in [0.5, 0.6) is 5.75 Å². The van der Waals surface area contributed by atoms with Gasteiger partial charge in [-0.15, -0.1) is 0 Å². The van der Waals surface area contributed by atoms with E-state index in [-0.39, 0.29) is 24.1 Å². The number of carbonyl (C=O) groups excluding carboxylic acids is 1. The first-order valence-electron chi connectivity index (χ1n) is 6.69. The zero-order valence-corrected chi connectivity index (χ0v) is 12.6. The number of nitrogens with one attached hydrogen (secondary N) is 2. The summed E-state index contributed by atoms with van der Waals surface area (Å²) in [5.74, 6) is 0.686. The van der Waals surface area contributed by atoms with Crippen LogP contribution in [0.1, 0.15) is 27.2 Å². The van der Waals surface area contributed by atoms with Gasteiger partial charge in [-0.1, -0.05) is 26.8 Å². The number of urea groups is 1. The monoisotopic (exact) mass is 280 g/mol. The van der Waals surface area contributed by atoms with Crippen molar-refractivity contribution in [3.05, 3.63) is 24.3 Å². The maximum absolute atomic E-state index is 12.0. The zero-order valence-electron chi connectivity index (χ0n) is 12.6. The molecular weight excluding hydrogens is 256 g/mol. The summed E-state index contributed by atoms with van der Waals surface area (Å²) in [4.78, 5) is 12.0. The minimum Gasteiger partial charge on any atom is -0.497 e. The summed E-state index contributed by atoms with van der Waals surface area (Å²) in [6.07, 6.45) is 0.523. The molecule has 3 N–H and O–H groups in total. The van der Waals surface area contributed by atoms with Crippen molar-refractivity contribution >= 4 is 11.7 Å². The quantitative estimate of drug-likeness (QED) is 0.776. The van der Waals surface area contributed by atoms with Crippen molar-refractivity contribution in [1.82, 2.24) is 5.32 Å². The minimum atomic E-state index is -0.286. The normalized spacial score (nSPS) is 12.7. The van der Waals surface area contributed by atoms with E-state index in [2.05, 4.69) is 10.6 Å². The van der Waals surface area contributed by atoms with E-state index in [1.165, 1.54) is 0 Å². The summed E-state index contributed by atoms with van der Waals surface area (Å²) < 4.78 is 5.11. The Hall–Kier alpha value is -1.75. The van der Waals surface area contributed by atoms with Crippen molar-refractivity contribution in [2.45, 2.75) is 33.2 Å².